The molecule has 39 heavy (non-hydrogen) atoms. The molecule has 1 atom stereocenters. The number of hydrogen-bond donors (Lipinski definition) is 0. The molecule has 0 spiro atoms. The lowest BCUT2D eigenvalue weighted by Crippen LogP contribution is -2.29. The van der Waals surface area contributed by atoms with Gasteiger partial charge in [0.15, 0.2) is 27.8 Å². The zero-order valence-electron chi connectivity index (χ0n) is 22.4. The van der Waals surface area contributed by atoms with Crippen molar-refractivity contribution in [3.63, 3.8) is 0 Å². The van der Waals surface area contributed by atoms with E-state index >= 15 is 0 Å². The Kier molecular flexibility index (Phi) is 7.52. The molecular weight excluding hydrogens is 516 g/mol. The fourth-order valence-electron chi connectivity index (χ4n) is 4.86. The van der Waals surface area contributed by atoms with Crippen LogP contribution in [0.1, 0.15) is 83.1 Å². The number of benzene rings is 2. The molecule has 0 radical (unpaired) electrons. The SMILES string of the molecule is CCCCCOc1ccc(C2c3c(oc4ccccc4c3=O)C(=O)N2c2nc(C)c(C(C)=O)s2)cc1OCC. The molecule has 1 aliphatic heterocycles. The molecule has 0 N–H and O–H groups in total. The molecule has 5 rings (SSSR count). The first-order chi connectivity index (χ1) is 18.8. The molecule has 2 aromatic heterocycles. The highest BCUT2D eigenvalue weighted by atomic mass is 32.1. The van der Waals surface area contributed by atoms with Crippen LogP contribution in [0.4, 0.5) is 5.13 Å². The highest BCUT2D eigenvalue weighted by molar-refractivity contribution is 7.17. The minimum atomic E-state index is -0.827. The number of amides is 1. The number of unbranched alkanes of at least 4 members (excludes halogenated alkanes) is 2. The third-order valence-corrected chi connectivity index (χ3v) is 7.94. The van der Waals surface area contributed by atoms with Gasteiger partial charge in [0.2, 0.25) is 5.76 Å². The molecule has 1 aliphatic rings. The minimum Gasteiger partial charge on any atom is -0.490 e. The van der Waals surface area contributed by atoms with Crippen LogP contribution in [0.15, 0.2) is 51.7 Å². The average Bonchev–Trinajstić information content (AvgIpc) is 3.45. The van der Waals surface area contributed by atoms with Gasteiger partial charge in [0, 0.05) is 6.92 Å². The number of para-hydroxylation sites is 1. The van der Waals surface area contributed by atoms with Crippen LogP contribution in [0.2, 0.25) is 0 Å². The third-order valence-electron chi connectivity index (χ3n) is 6.68. The monoisotopic (exact) mass is 546 g/mol. The number of Topliss-reactive ketones (excluding diaryl/α,β-unsaturated/α-hetero) is 1. The number of carbonyl (C=O) groups is 2. The van der Waals surface area contributed by atoms with E-state index in [0.29, 0.717) is 56.9 Å². The average molecular weight is 547 g/mol. The largest absolute Gasteiger partial charge is 0.490 e. The molecule has 1 amide bonds. The van der Waals surface area contributed by atoms with E-state index in [-0.39, 0.29) is 22.5 Å². The summed E-state index contributed by atoms with van der Waals surface area (Å²) in [5, 5.41) is 0.706. The second-order valence-corrected chi connectivity index (χ2v) is 10.4. The van der Waals surface area contributed by atoms with Crippen LogP contribution in [-0.2, 0) is 0 Å². The van der Waals surface area contributed by atoms with E-state index in [1.165, 1.54) is 11.8 Å². The lowest BCUT2D eigenvalue weighted by atomic mass is 9.98. The van der Waals surface area contributed by atoms with Crippen molar-refractivity contribution >= 4 is 39.1 Å². The molecule has 8 nitrogen and oxygen atoms in total. The Morgan fingerprint density at radius 2 is 1.87 bits per heavy atom. The zero-order valence-corrected chi connectivity index (χ0v) is 23.2. The van der Waals surface area contributed by atoms with Crippen molar-refractivity contribution in [3.8, 4) is 11.5 Å². The first-order valence-electron chi connectivity index (χ1n) is 13.1. The van der Waals surface area contributed by atoms with Gasteiger partial charge in [-0.15, -0.1) is 0 Å². The van der Waals surface area contributed by atoms with Crippen LogP contribution >= 0.6 is 11.3 Å². The Balaban J connectivity index is 1.68. The maximum atomic E-state index is 13.9. The lowest BCUT2D eigenvalue weighted by molar-refractivity contribution is 0.0969. The first kappa shape index (κ1) is 26.6. The molecule has 202 valence electrons. The molecular formula is C30H30N2O6S. The maximum absolute atomic E-state index is 13.9. The maximum Gasteiger partial charge on any atom is 0.297 e. The molecule has 3 heterocycles. The summed E-state index contributed by atoms with van der Waals surface area (Å²) in [5.74, 6) is 0.470. The van der Waals surface area contributed by atoms with Gasteiger partial charge in [-0.05, 0) is 50.1 Å². The van der Waals surface area contributed by atoms with Crippen molar-refractivity contribution in [1.29, 1.82) is 0 Å². The molecule has 2 aromatic carbocycles. The number of hydrogen-bond acceptors (Lipinski definition) is 8. The van der Waals surface area contributed by atoms with Crippen LogP contribution < -0.4 is 19.8 Å². The summed E-state index contributed by atoms with van der Waals surface area (Å²) in [7, 11) is 0. The number of ether oxygens (including phenoxy) is 2. The number of thiazole rings is 1. The topological polar surface area (TPSA) is 98.9 Å². The summed E-state index contributed by atoms with van der Waals surface area (Å²) in [5.41, 5.74) is 1.45. The molecule has 1 unspecified atom stereocenters. The predicted octanol–water partition coefficient (Wildman–Crippen LogP) is 6.48. The number of anilines is 1. The van der Waals surface area contributed by atoms with Gasteiger partial charge in [-0.25, -0.2) is 4.98 Å². The highest BCUT2D eigenvalue weighted by Crippen LogP contribution is 2.44. The van der Waals surface area contributed by atoms with E-state index in [4.69, 9.17) is 13.9 Å². The van der Waals surface area contributed by atoms with E-state index in [0.717, 1.165) is 30.6 Å². The number of nitrogens with zero attached hydrogens (tertiary/aromatic N) is 2. The van der Waals surface area contributed by atoms with Gasteiger partial charge in [-0.3, -0.25) is 19.3 Å². The third kappa shape index (κ3) is 4.83. The van der Waals surface area contributed by atoms with Gasteiger partial charge in [0.25, 0.3) is 5.91 Å². The molecule has 0 aliphatic carbocycles. The number of rotatable bonds is 10. The Hall–Kier alpha value is -3.98. The van der Waals surface area contributed by atoms with Crippen molar-refractivity contribution in [3.05, 3.63) is 80.1 Å². The van der Waals surface area contributed by atoms with Crippen molar-refractivity contribution in [2.24, 2.45) is 0 Å². The van der Waals surface area contributed by atoms with Crippen LogP contribution in [0.25, 0.3) is 11.0 Å². The van der Waals surface area contributed by atoms with Crippen LogP contribution in [-0.4, -0.2) is 29.9 Å². The molecule has 9 heteroatoms. The summed E-state index contributed by atoms with van der Waals surface area (Å²) in [6.45, 7) is 8.19. The Bertz CT molecular complexity index is 1620. The van der Waals surface area contributed by atoms with Gasteiger partial charge in [-0.2, -0.15) is 0 Å². The Morgan fingerprint density at radius 1 is 1.08 bits per heavy atom. The minimum absolute atomic E-state index is 0.0289. The van der Waals surface area contributed by atoms with Gasteiger partial charge >= 0.3 is 0 Å². The van der Waals surface area contributed by atoms with E-state index in [2.05, 4.69) is 11.9 Å². The number of aryl methyl sites for hydroxylation is 1. The predicted molar refractivity (Wildman–Crippen MR) is 151 cm³/mol. The quantitative estimate of drug-likeness (QED) is 0.166. The second-order valence-electron chi connectivity index (χ2n) is 9.41. The first-order valence-corrected chi connectivity index (χ1v) is 13.9. The van der Waals surface area contributed by atoms with E-state index in [1.54, 1.807) is 37.3 Å². The van der Waals surface area contributed by atoms with Crippen molar-refractivity contribution in [2.45, 2.75) is 53.0 Å². The summed E-state index contributed by atoms with van der Waals surface area (Å²) in [4.78, 5) is 46.4. The molecule has 0 saturated carbocycles. The summed E-state index contributed by atoms with van der Waals surface area (Å²) >= 11 is 1.13. The van der Waals surface area contributed by atoms with E-state index in [1.807, 2.05) is 19.1 Å². The molecule has 0 saturated heterocycles. The normalized spacial score (nSPS) is 14.6. The van der Waals surface area contributed by atoms with Crippen molar-refractivity contribution in [1.82, 2.24) is 4.98 Å². The zero-order chi connectivity index (χ0) is 27.7. The van der Waals surface area contributed by atoms with Crippen LogP contribution in [0.5, 0.6) is 11.5 Å². The Labute approximate surface area is 230 Å². The summed E-state index contributed by atoms with van der Waals surface area (Å²) in [6.07, 6.45) is 3.08. The van der Waals surface area contributed by atoms with Crippen LogP contribution in [0.3, 0.4) is 0 Å². The van der Waals surface area contributed by atoms with Gasteiger partial charge in [0.05, 0.1) is 40.8 Å². The number of carbonyl (C=O) groups excluding carboxylic acids is 2. The molecule has 0 fully saturated rings. The van der Waals surface area contributed by atoms with Gasteiger partial charge < -0.3 is 13.9 Å². The van der Waals surface area contributed by atoms with E-state index < -0.39 is 11.9 Å². The van der Waals surface area contributed by atoms with Gasteiger partial charge in [-0.1, -0.05) is 49.3 Å². The fraction of sp³-hybridized carbons (Fsp3) is 0.333. The van der Waals surface area contributed by atoms with Crippen LogP contribution in [0, 0.1) is 6.92 Å². The van der Waals surface area contributed by atoms with Gasteiger partial charge in [0.1, 0.15) is 5.58 Å². The van der Waals surface area contributed by atoms with Crippen molar-refractivity contribution < 1.29 is 23.5 Å². The standard InChI is InChI=1S/C30H30N2O6S/c1-5-7-10-15-37-22-14-13-19(16-23(22)36-6-2)25-24-26(34)20-11-8-9-12-21(20)38-27(24)29(35)32(25)30-31-17(3)28(39-30)18(4)33/h8-9,11-14,16,25H,5-7,10,15H2,1-4H3. The molecule has 4 aromatic rings. The van der Waals surface area contributed by atoms with E-state index in [9.17, 15) is 14.4 Å². The number of aromatic nitrogens is 1. The molecule has 0 bridgehead atoms. The summed E-state index contributed by atoms with van der Waals surface area (Å²) < 4.78 is 17.9. The fourth-order valence-corrected chi connectivity index (χ4v) is 5.85. The second kappa shape index (κ2) is 11.0. The smallest absolute Gasteiger partial charge is 0.297 e. The summed E-state index contributed by atoms with van der Waals surface area (Å²) in [6, 6.07) is 11.5. The highest BCUT2D eigenvalue weighted by Gasteiger charge is 2.45. The van der Waals surface area contributed by atoms with Crippen molar-refractivity contribution in [2.75, 3.05) is 18.1 Å². The number of ketones is 1. The number of fused-ring (bicyclic) bond motifs is 2. The lowest BCUT2D eigenvalue weighted by Gasteiger charge is -2.23. The Morgan fingerprint density at radius 3 is 2.59 bits per heavy atom.